The van der Waals surface area contributed by atoms with Crippen molar-refractivity contribution >= 4 is 40.9 Å². The molecule has 2 saturated heterocycles. The minimum absolute atomic E-state index is 0.110. The molecule has 0 aliphatic carbocycles. The fourth-order valence-electron chi connectivity index (χ4n) is 5.85. The van der Waals surface area contributed by atoms with Crippen LogP contribution in [0, 0.1) is 0 Å². The maximum Gasteiger partial charge on any atom is 0.233 e. The van der Waals surface area contributed by atoms with E-state index in [1.54, 1.807) is 36.4 Å². The van der Waals surface area contributed by atoms with Crippen LogP contribution in [-0.2, 0) is 4.79 Å². The molecule has 47 heavy (non-hydrogen) atoms. The second-order valence-electron chi connectivity index (χ2n) is 11.8. The Morgan fingerprint density at radius 3 is 1.68 bits per heavy atom. The smallest absolute Gasteiger partial charge is 0.233 e. The monoisotopic (exact) mass is 649 g/mol. The van der Waals surface area contributed by atoms with Gasteiger partial charge >= 0.3 is 0 Å². The summed E-state index contributed by atoms with van der Waals surface area (Å²) in [4.78, 5) is 43.7. The molecule has 16 heteroatoms. The number of ketones is 1. The third-order valence-corrected chi connectivity index (χ3v) is 7.94. The molecule has 2 aromatic carbocycles. The lowest BCUT2D eigenvalue weighted by Crippen LogP contribution is -2.54. The number of carbonyl (C=O) groups excluding carboxylic acids is 2. The van der Waals surface area contributed by atoms with E-state index in [9.17, 15) is 9.59 Å². The number of rotatable bonds is 11. The van der Waals surface area contributed by atoms with E-state index >= 15 is 0 Å². The molecule has 3 heterocycles. The van der Waals surface area contributed by atoms with Crippen LogP contribution in [0.15, 0.2) is 36.4 Å². The summed E-state index contributed by atoms with van der Waals surface area (Å²) in [6.45, 7) is 2.22. The Labute approximate surface area is 273 Å². The molecule has 3 aromatic rings. The normalized spacial score (nSPS) is 21.2. The maximum atomic E-state index is 13.0. The van der Waals surface area contributed by atoms with Crippen molar-refractivity contribution in [1.82, 2.24) is 15.0 Å². The number of methoxy groups -OCH3 is 3. The predicted octanol–water partition coefficient (Wildman–Crippen LogP) is 0.582. The van der Waals surface area contributed by atoms with Crippen molar-refractivity contribution < 1.29 is 23.8 Å². The first-order valence-corrected chi connectivity index (χ1v) is 15.3. The Morgan fingerprint density at radius 2 is 1.23 bits per heavy atom. The van der Waals surface area contributed by atoms with Crippen molar-refractivity contribution in [3.8, 4) is 17.2 Å². The van der Waals surface area contributed by atoms with Crippen molar-refractivity contribution in [1.29, 1.82) is 0 Å². The Kier molecular flexibility index (Phi) is 10.6. The highest BCUT2D eigenvalue weighted by Crippen LogP contribution is 2.40. The summed E-state index contributed by atoms with van der Waals surface area (Å²) in [6, 6.07) is 9.43. The van der Waals surface area contributed by atoms with E-state index in [2.05, 4.69) is 20.6 Å². The van der Waals surface area contributed by atoms with Crippen LogP contribution in [0.1, 0.15) is 29.6 Å². The van der Waals surface area contributed by atoms with E-state index in [-0.39, 0.29) is 36.4 Å². The minimum Gasteiger partial charge on any atom is -0.493 e. The number of ether oxygens (including phenoxy) is 3. The average Bonchev–Trinajstić information content (AvgIpc) is 3.03. The van der Waals surface area contributed by atoms with Crippen molar-refractivity contribution in [2.24, 2.45) is 22.9 Å². The first-order valence-electron chi connectivity index (χ1n) is 15.3. The molecule has 2 fully saturated rings. The van der Waals surface area contributed by atoms with Crippen molar-refractivity contribution in [3.63, 3.8) is 0 Å². The fourth-order valence-corrected chi connectivity index (χ4v) is 5.85. The number of amides is 1. The molecule has 0 bridgehead atoms. The third kappa shape index (κ3) is 8.34. The number of piperidine rings is 2. The van der Waals surface area contributed by atoms with Crippen LogP contribution in [0.2, 0.25) is 0 Å². The van der Waals surface area contributed by atoms with Gasteiger partial charge in [0.2, 0.25) is 29.5 Å². The molecule has 0 spiro atoms. The summed E-state index contributed by atoms with van der Waals surface area (Å²) in [5.74, 6) is 1.48. The number of anilines is 5. The Hall–Kier alpha value is -4.77. The number of nitrogens with zero attached hydrogens (tertiary/aromatic N) is 5. The van der Waals surface area contributed by atoms with Crippen molar-refractivity contribution in [2.75, 3.05) is 67.9 Å². The van der Waals surface area contributed by atoms with E-state index in [1.807, 2.05) is 9.80 Å². The number of aromatic nitrogens is 3. The number of nitrogens with one attached hydrogen (secondary N) is 2. The SMILES string of the molecule is COc1cc(NC(=O)CC(=O)c2ccc(Nc3nc(N4C[C@H](N)C[C@H](N)C4)nc(N4C[C@H](N)C[C@H](N)C4)n3)cc2)cc(OC)c1OC. The van der Waals surface area contributed by atoms with Gasteiger partial charge in [0.1, 0.15) is 0 Å². The average molecular weight is 650 g/mol. The number of hydrogen-bond donors (Lipinski definition) is 6. The van der Waals surface area contributed by atoms with Gasteiger partial charge in [-0.25, -0.2) is 0 Å². The van der Waals surface area contributed by atoms with Crippen LogP contribution < -0.4 is 57.6 Å². The molecular formula is C31H43N11O5. The van der Waals surface area contributed by atoms with E-state index in [1.165, 1.54) is 21.3 Å². The van der Waals surface area contributed by atoms with Crippen LogP contribution in [0.4, 0.5) is 29.2 Å². The zero-order valence-electron chi connectivity index (χ0n) is 26.8. The van der Waals surface area contributed by atoms with Crippen LogP contribution in [-0.4, -0.2) is 98.3 Å². The molecule has 5 rings (SSSR count). The quantitative estimate of drug-likeness (QED) is 0.123. The molecule has 252 valence electrons. The van der Waals surface area contributed by atoms with Crippen LogP contribution in [0.25, 0.3) is 0 Å². The van der Waals surface area contributed by atoms with E-state index in [4.69, 9.17) is 42.1 Å². The van der Waals surface area contributed by atoms with Gasteiger partial charge in [-0.1, -0.05) is 0 Å². The third-order valence-electron chi connectivity index (χ3n) is 7.94. The topological polar surface area (TPSA) is 235 Å². The number of nitrogens with two attached hydrogens (primary N) is 4. The van der Waals surface area contributed by atoms with Gasteiger partial charge in [0.15, 0.2) is 17.3 Å². The van der Waals surface area contributed by atoms with Crippen LogP contribution in [0.3, 0.4) is 0 Å². The molecule has 4 atom stereocenters. The Bertz CT molecular complexity index is 1480. The Balaban J connectivity index is 1.29. The second kappa shape index (κ2) is 14.8. The van der Waals surface area contributed by atoms with E-state index < -0.39 is 5.91 Å². The summed E-state index contributed by atoms with van der Waals surface area (Å²) in [6.07, 6.45) is 1.06. The molecule has 0 radical (unpaired) electrons. The summed E-state index contributed by atoms with van der Waals surface area (Å²) < 4.78 is 16.0. The van der Waals surface area contributed by atoms with Crippen molar-refractivity contribution in [3.05, 3.63) is 42.0 Å². The van der Waals surface area contributed by atoms with Gasteiger partial charge < -0.3 is 57.6 Å². The second-order valence-corrected chi connectivity index (χ2v) is 11.8. The summed E-state index contributed by atoms with van der Waals surface area (Å²) in [5, 5.41) is 5.93. The lowest BCUT2D eigenvalue weighted by molar-refractivity contribution is -0.115. The molecule has 2 aliphatic rings. The first-order chi connectivity index (χ1) is 22.5. The molecule has 2 aliphatic heterocycles. The number of Topliss-reactive ketones (excluding diaryl/α,β-unsaturated/α-hetero) is 1. The van der Waals surface area contributed by atoms with Crippen molar-refractivity contribution in [2.45, 2.75) is 43.4 Å². The summed E-state index contributed by atoms with van der Waals surface area (Å²) in [7, 11) is 4.44. The van der Waals surface area contributed by atoms with Gasteiger partial charge in [0.25, 0.3) is 0 Å². The van der Waals surface area contributed by atoms with Crippen LogP contribution >= 0.6 is 0 Å². The number of carbonyl (C=O) groups is 2. The standard InChI is InChI=1S/C31H43N11O5/c1-45-25-10-23(11-26(46-2)28(25)47-3)36-27(44)12-24(43)17-4-6-22(7-5-17)37-29-38-30(41-13-18(32)8-19(33)14-41)40-31(39-29)42-15-20(34)9-21(35)16-42/h4-7,10-11,18-21H,8-9,12-16,32-35H2,1-3H3,(H,36,44)(H,37,38,39,40)/t18-,19+,20-,21+. The van der Waals surface area contributed by atoms with E-state index in [0.29, 0.717) is 91.1 Å². The highest BCUT2D eigenvalue weighted by atomic mass is 16.5. The highest BCUT2D eigenvalue weighted by molar-refractivity contribution is 6.11. The molecule has 0 unspecified atom stereocenters. The zero-order valence-corrected chi connectivity index (χ0v) is 26.8. The zero-order chi connectivity index (χ0) is 33.7. The number of hydrogen-bond acceptors (Lipinski definition) is 15. The molecule has 16 nitrogen and oxygen atoms in total. The molecule has 1 amide bonds. The summed E-state index contributed by atoms with van der Waals surface area (Å²) in [5.41, 5.74) is 26.4. The van der Waals surface area contributed by atoms with E-state index in [0.717, 1.165) is 0 Å². The summed E-state index contributed by atoms with van der Waals surface area (Å²) >= 11 is 0. The molecule has 1 aromatic heterocycles. The minimum atomic E-state index is -0.494. The lowest BCUT2D eigenvalue weighted by Gasteiger charge is -2.37. The van der Waals surface area contributed by atoms with Gasteiger partial charge in [-0.15, -0.1) is 0 Å². The van der Waals surface area contributed by atoms with Gasteiger partial charge in [-0.05, 0) is 37.1 Å². The van der Waals surface area contributed by atoms with Gasteiger partial charge in [0, 0.05) is 79.4 Å². The lowest BCUT2D eigenvalue weighted by atomic mass is 10.0. The van der Waals surface area contributed by atoms with Gasteiger partial charge in [0.05, 0.1) is 27.8 Å². The predicted molar refractivity (Wildman–Crippen MR) is 179 cm³/mol. The Morgan fingerprint density at radius 1 is 0.745 bits per heavy atom. The molecule has 0 saturated carbocycles. The number of benzene rings is 2. The highest BCUT2D eigenvalue weighted by Gasteiger charge is 2.29. The van der Waals surface area contributed by atoms with Gasteiger partial charge in [-0.2, -0.15) is 15.0 Å². The molecule has 10 N–H and O–H groups in total. The van der Waals surface area contributed by atoms with Gasteiger partial charge in [-0.3, -0.25) is 9.59 Å². The maximum absolute atomic E-state index is 13.0. The molecular weight excluding hydrogens is 606 g/mol. The van der Waals surface area contributed by atoms with Crippen LogP contribution in [0.5, 0.6) is 17.2 Å². The fraction of sp³-hybridized carbons (Fsp3) is 0.452. The largest absolute Gasteiger partial charge is 0.493 e. The first kappa shape index (κ1) is 33.6.